The molecule has 0 unspecified atom stereocenters. The third-order valence-electron chi connectivity index (χ3n) is 4.45. The number of hydrogen-bond acceptors (Lipinski definition) is 2. The van der Waals surface area contributed by atoms with Crippen LogP contribution in [-0.4, -0.2) is 5.91 Å². The van der Waals surface area contributed by atoms with Crippen molar-refractivity contribution in [1.29, 1.82) is 0 Å². The topological polar surface area (TPSA) is 41.1 Å². The number of rotatable bonds is 6. The molecular weight excluding hydrogens is 391 g/mol. The highest BCUT2D eigenvalue weighted by Crippen LogP contribution is 2.33. The molecule has 0 atom stereocenters. The summed E-state index contributed by atoms with van der Waals surface area (Å²) < 4.78 is 0. The van der Waals surface area contributed by atoms with Crippen LogP contribution in [-0.2, 0) is 11.2 Å². The summed E-state index contributed by atoms with van der Waals surface area (Å²) in [4.78, 5) is 12.7. The van der Waals surface area contributed by atoms with Crippen LogP contribution in [0.2, 0.25) is 10.0 Å². The van der Waals surface area contributed by atoms with E-state index in [1.165, 1.54) is 0 Å². The molecule has 0 radical (unpaired) electrons. The van der Waals surface area contributed by atoms with Gasteiger partial charge in [-0.2, -0.15) is 0 Å². The summed E-state index contributed by atoms with van der Waals surface area (Å²) in [6.45, 7) is 4.22. The van der Waals surface area contributed by atoms with Gasteiger partial charge in [0.15, 0.2) is 0 Å². The predicted molar refractivity (Wildman–Crippen MR) is 119 cm³/mol. The summed E-state index contributed by atoms with van der Waals surface area (Å²) in [6.07, 6.45) is 0.234. The molecule has 0 heterocycles. The zero-order valence-electron chi connectivity index (χ0n) is 15.8. The van der Waals surface area contributed by atoms with Gasteiger partial charge in [-0.15, -0.1) is 0 Å². The summed E-state index contributed by atoms with van der Waals surface area (Å²) >= 11 is 12.5. The van der Waals surface area contributed by atoms with E-state index in [0.717, 1.165) is 22.5 Å². The molecule has 0 spiro atoms. The quantitative estimate of drug-likeness (QED) is 0.455. The summed E-state index contributed by atoms with van der Waals surface area (Å²) in [5.41, 5.74) is 4.25. The smallest absolute Gasteiger partial charge is 0.228 e. The largest absolute Gasteiger partial charge is 0.353 e. The molecule has 28 heavy (non-hydrogen) atoms. The van der Waals surface area contributed by atoms with Gasteiger partial charge < -0.3 is 10.6 Å². The fourth-order valence-electron chi connectivity index (χ4n) is 3.03. The molecule has 144 valence electrons. The first kappa shape index (κ1) is 20.2. The number of hydrogen-bond donors (Lipinski definition) is 2. The summed E-state index contributed by atoms with van der Waals surface area (Å²) in [7, 11) is 0. The third-order valence-corrected chi connectivity index (χ3v) is 5.08. The first-order valence-corrected chi connectivity index (χ1v) is 9.89. The van der Waals surface area contributed by atoms with E-state index < -0.39 is 0 Å². The van der Waals surface area contributed by atoms with Crippen LogP contribution in [0, 0.1) is 0 Å². The van der Waals surface area contributed by atoms with E-state index in [1.54, 1.807) is 18.2 Å². The van der Waals surface area contributed by atoms with Crippen LogP contribution in [0.5, 0.6) is 0 Å². The van der Waals surface area contributed by atoms with E-state index in [1.807, 2.05) is 48.5 Å². The highest BCUT2D eigenvalue weighted by atomic mass is 35.5. The highest BCUT2D eigenvalue weighted by Gasteiger charge is 2.13. The van der Waals surface area contributed by atoms with Gasteiger partial charge in [-0.1, -0.05) is 79.5 Å². The Balaban J connectivity index is 1.80. The minimum atomic E-state index is -0.0763. The van der Waals surface area contributed by atoms with Crippen LogP contribution >= 0.6 is 23.2 Å². The number of amides is 1. The van der Waals surface area contributed by atoms with E-state index in [2.05, 4.69) is 24.5 Å². The molecule has 3 aromatic carbocycles. The summed E-state index contributed by atoms with van der Waals surface area (Å²) in [6, 6.07) is 20.9. The Morgan fingerprint density at radius 2 is 1.46 bits per heavy atom. The number of benzene rings is 3. The van der Waals surface area contributed by atoms with Crippen LogP contribution in [0.1, 0.15) is 30.9 Å². The average Bonchev–Trinajstić information content (AvgIpc) is 2.66. The maximum Gasteiger partial charge on any atom is 0.228 e. The molecule has 0 aliphatic heterocycles. The second kappa shape index (κ2) is 9.13. The second-order valence-corrected chi connectivity index (χ2v) is 7.66. The van der Waals surface area contributed by atoms with Gasteiger partial charge in [-0.3, -0.25) is 4.79 Å². The maximum atomic E-state index is 12.7. The molecule has 0 bridgehead atoms. The molecule has 3 aromatic rings. The zero-order valence-corrected chi connectivity index (χ0v) is 17.3. The van der Waals surface area contributed by atoms with Crippen molar-refractivity contribution in [3.05, 3.63) is 87.9 Å². The Hall–Kier alpha value is -2.49. The van der Waals surface area contributed by atoms with Gasteiger partial charge >= 0.3 is 0 Å². The standard InChI is InChI=1S/C23H22Cl2N2O/c1-15(2)17-9-4-6-13-21(17)26-22(28)14-16-8-3-5-12-20(16)27-23-18(24)10-7-11-19(23)25/h3-13,15,27H,14H2,1-2H3,(H,26,28). The predicted octanol–water partition coefficient (Wildman–Crippen LogP) is 7.04. The number of halogens is 2. The third kappa shape index (κ3) is 4.86. The molecule has 0 saturated carbocycles. The van der Waals surface area contributed by atoms with Gasteiger partial charge in [0.1, 0.15) is 0 Å². The van der Waals surface area contributed by atoms with Crippen molar-refractivity contribution in [2.24, 2.45) is 0 Å². The average molecular weight is 413 g/mol. The maximum absolute atomic E-state index is 12.7. The number of nitrogens with one attached hydrogen (secondary N) is 2. The molecule has 0 aromatic heterocycles. The van der Waals surface area contributed by atoms with Gasteiger partial charge in [-0.05, 0) is 41.3 Å². The number of carbonyl (C=O) groups excluding carboxylic acids is 1. The van der Waals surface area contributed by atoms with Crippen LogP contribution in [0.15, 0.2) is 66.7 Å². The van der Waals surface area contributed by atoms with E-state index in [9.17, 15) is 4.79 Å². The second-order valence-electron chi connectivity index (χ2n) is 6.85. The lowest BCUT2D eigenvalue weighted by Gasteiger charge is -2.16. The Morgan fingerprint density at radius 3 is 2.14 bits per heavy atom. The summed E-state index contributed by atoms with van der Waals surface area (Å²) in [5.74, 6) is 0.250. The molecule has 5 heteroatoms. The zero-order chi connectivity index (χ0) is 20.1. The molecule has 0 aliphatic carbocycles. The highest BCUT2D eigenvalue weighted by molar-refractivity contribution is 6.39. The minimum Gasteiger partial charge on any atom is -0.353 e. The van der Waals surface area contributed by atoms with Crippen LogP contribution in [0.4, 0.5) is 17.1 Å². The first-order chi connectivity index (χ1) is 13.5. The number of carbonyl (C=O) groups is 1. The molecule has 0 aliphatic rings. The molecule has 2 N–H and O–H groups in total. The van der Waals surface area contributed by atoms with Gasteiger partial charge in [0.25, 0.3) is 0 Å². The van der Waals surface area contributed by atoms with E-state index in [4.69, 9.17) is 23.2 Å². The Labute approximate surface area is 175 Å². The van der Waals surface area contributed by atoms with Crippen molar-refractivity contribution in [3.8, 4) is 0 Å². The van der Waals surface area contributed by atoms with Crippen molar-refractivity contribution in [3.63, 3.8) is 0 Å². The first-order valence-electron chi connectivity index (χ1n) is 9.13. The Kier molecular flexibility index (Phi) is 6.61. The van der Waals surface area contributed by atoms with Crippen molar-refractivity contribution in [2.75, 3.05) is 10.6 Å². The van der Waals surface area contributed by atoms with E-state index >= 15 is 0 Å². The molecule has 3 rings (SSSR count). The van der Waals surface area contributed by atoms with Gasteiger partial charge in [0.05, 0.1) is 22.2 Å². The van der Waals surface area contributed by atoms with Crippen molar-refractivity contribution >= 4 is 46.2 Å². The molecule has 0 saturated heterocycles. The van der Waals surface area contributed by atoms with Crippen molar-refractivity contribution in [1.82, 2.24) is 0 Å². The van der Waals surface area contributed by atoms with E-state index in [-0.39, 0.29) is 12.3 Å². The fourth-order valence-corrected chi connectivity index (χ4v) is 3.52. The lowest BCUT2D eigenvalue weighted by atomic mass is 10.0. The van der Waals surface area contributed by atoms with Crippen molar-refractivity contribution < 1.29 is 4.79 Å². The normalized spacial score (nSPS) is 10.8. The van der Waals surface area contributed by atoms with Gasteiger partial charge in [0, 0.05) is 11.4 Å². The Bertz CT molecular complexity index is 966. The van der Waals surface area contributed by atoms with Gasteiger partial charge in [0.2, 0.25) is 5.91 Å². The summed E-state index contributed by atoms with van der Waals surface area (Å²) in [5, 5.41) is 7.35. The monoisotopic (exact) mass is 412 g/mol. The van der Waals surface area contributed by atoms with Crippen LogP contribution in [0.3, 0.4) is 0 Å². The lowest BCUT2D eigenvalue weighted by molar-refractivity contribution is -0.115. The van der Waals surface area contributed by atoms with E-state index in [0.29, 0.717) is 21.7 Å². The Morgan fingerprint density at radius 1 is 0.857 bits per heavy atom. The van der Waals surface area contributed by atoms with Crippen LogP contribution < -0.4 is 10.6 Å². The number of para-hydroxylation sites is 3. The van der Waals surface area contributed by atoms with Gasteiger partial charge in [-0.25, -0.2) is 0 Å². The molecule has 1 amide bonds. The van der Waals surface area contributed by atoms with Crippen LogP contribution in [0.25, 0.3) is 0 Å². The molecular formula is C23H22Cl2N2O. The van der Waals surface area contributed by atoms with Crippen molar-refractivity contribution in [2.45, 2.75) is 26.2 Å². The molecule has 0 fully saturated rings. The fraction of sp³-hybridized carbons (Fsp3) is 0.174. The lowest BCUT2D eigenvalue weighted by Crippen LogP contribution is -2.16. The molecule has 3 nitrogen and oxygen atoms in total. The minimum absolute atomic E-state index is 0.0763. The number of anilines is 3. The SMILES string of the molecule is CC(C)c1ccccc1NC(=O)Cc1ccccc1Nc1c(Cl)cccc1Cl.